The molecule has 9 nitrogen and oxygen atoms in total. The maximum absolute atomic E-state index is 12.6. The lowest BCUT2D eigenvalue weighted by molar-refractivity contribution is 0.0622. The molecule has 0 spiro atoms. The summed E-state index contributed by atoms with van der Waals surface area (Å²) in [6, 6.07) is 3.84. The molecular weight excluding hydrogens is 362 g/mol. The van der Waals surface area contributed by atoms with E-state index < -0.39 is 0 Å². The van der Waals surface area contributed by atoms with E-state index in [-0.39, 0.29) is 17.4 Å². The van der Waals surface area contributed by atoms with Crippen molar-refractivity contribution in [3.05, 3.63) is 35.8 Å². The fourth-order valence-corrected chi connectivity index (χ4v) is 3.30. The van der Waals surface area contributed by atoms with Gasteiger partial charge >= 0.3 is 0 Å². The molecule has 1 aromatic carbocycles. The molecule has 1 aromatic heterocycles. The predicted molar refractivity (Wildman–Crippen MR) is 104 cm³/mol. The van der Waals surface area contributed by atoms with Crippen LogP contribution in [0.15, 0.2) is 24.5 Å². The minimum atomic E-state index is -0.186. The highest BCUT2D eigenvalue weighted by atomic mass is 16.5. The van der Waals surface area contributed by atoms with E-state index in [4.69, 9.17) is 19.9 Å². The highest BCUT2D eigenvalue weighted by Crippen LogP contribution is 2.40. The largest absolute Gasteiger partial charge is 0.493 e. The SMILES string of the molecule is COc1ccc(CN2CCN(C(=O)c3nccnc3N)CC2)c(OC)c1OC. The molecule has 9 heteroatoms. The van der Waals surface area contributed by atoms with Crippen LogP contribution in [0, 0.1) is 0 Å². The van der Waals surface area contributed by atoms with Crippen LogP contribution >= 0.6 is 0 Å². The summed E-state index contributed by atoms with van der Waals surface area (Å²) >= 11 is 0. The van der Waals surface area contributed by atoms with Gasteiger partial charge < -0.3 is 24.8 Å². The number of rotatable bonds is 6. The zero-order chi connectivity index (χ0) is 20.1. The molecule has 0 bridgehead atoms. The fourth-order valence-electron chi connectivity index (χ4n) is 3.30. The number of benzene rings is 1. The molecule has 0 aliphatic carbocycles. The number of nitrogen functional groups attached to an aromatic ring is 1. The number of carbonyl (C=O) groups is 1. The van der Waals surface area contributed by atoms with Gasteiger partial charge in [-0.2, -0.15) is 0 Å². The summed E-state index contributed by atoms with van der Waals surface area (Å²) in [6.45, 7) is 3.31. The van der Waals surface area contributed by atoms with Gasteiger partial charge in [0.25, 0.3) is 5.91 Å². The number of amides is 1. The molecule has 0 radical (unpaired) electrons. The van der Waals surface area contributed by atoms with Crippen molar-refractivity contribution in [3.8, 4) is 17.2 Å². The maximum Gasteiger partial charge on any atom is 0.276 e. The summed E-state index contributed by atoms with van der Waals surface area (Å²) in [6.07, 6.45) is 2.95. The first-order valence-corrected chi connectivity index (χ1v) is 8.95. The Morgan fingerprint density at radius 3 is 2.29 bits per heavy atom. The first kappa shape index (κ1) is 19.7. The fraction of sp³-hybridized carbons (Fsp3) is 0.421. The molecule has 1 aliphatic rings. The molecule has 1 aliphatic heterocycles. The molecule has 28 heavy (non-hydrogen) atoms. The number of ether oxygens (including phenoxy) is 3. The lowest BCUT2D eigenvalue weighted by Crippen LogP contribution is -2.48. The Balaban J connectivity index is 1.66. The van der Waals surface area contributed by atoms with Crippen molar-refractivity contribution in [2.24, 2.45) is 0 Å². The number of nitrogens with two attached hydrogens (primary N) is 1. The Morgan fingerprint density at radius 1 is 1.00 bits per heavy atom. The Hall–Kier alpha value is -3.07. The van der Waals surface area contributed by atoms with Crippen molar-refractivity contribution < 1.29 is 19.0 Å². The molecule has 3 rings (SSSR count). The van der Waals surface area contributed by atoms with Crippen molar-refractivity contribution in [2.45, 2.75) is 6.54 Å². The van der Waals surface area contributed by atoms with Crippen LogP contribution in [0.2, 0.25) is 0 Å². The lowest BCUT2D eigenvalue weighted by Gasteiger charge is -2.35. The van der Waals surface area contributed by atoms with Gasteiger partial charge in [-0.25, -0.2) is 9.97 Å². The number of carbonyl (C=O) groups excluding carboxylic acids is 1. The minimum absolute atomic E-state index is 0.157. The molecule has 1 amide bonds. The first-order valence-electron chi connectivity index (χ1n) is 8.95. The Bertz CT molecular complexity index is 837. The van der Waals surface area contributed by atoms with E-state index in [0.29, 0.717) is 36.9 Å². The molecular formula is C19H25N5O4. The second-order valence-corrected chi connectivity index (χ2v) is 6.35. The molecule has 0 unspecified atom stereocenters. The quantitative estimate of drug-likeness (QED) is 0.784. The highest BCUT2D eigenvalue weighted by Gasteiger charge is 2.26. The number of hydrogen-bond donors (Lipinski definition) is 1. The Labute approximate surface area is 164 Å². The second-order valence-electron chi connectivity index (χ2n) is 6.35. The minimum Gasteiger partial charge on any atom is -0.493 e. The molecule has 2 aromatic rings. The zero-order valence-corrected chi connectivity index (χ0v) is 16.3. The van der Waals surface area contributed by atoms with Crippen LogP contribution in [0.5, 0.6) is 17.2 Å². The van der Waals surface area contributed by atoms with Crippen molar-refractivity contribution >= 4 is 11.7 Å². The third-order valence-corrected chi connectivity index (χ3v) is 4.77. The van der Waals surface area contributed by atoms with Crippen LogP contribution < -0.4 is 19.9 Å². The summed E-state index contributed by atoms with van der Waals surface area (Å²) < 4.78 is 16.3. The number of piperazine rings is 1. The van der Waals surface area contributed by atoms with Gasteiger partial charge in [0.15, 0.2) is 23.0 Å². The Morgan fingerprint density at radius 2 is 1.68 bits per heavy atom. The first-order chi connectivity index (χ1) is 13.6. The molecule has 0 saturated carbocycles. The summed E-state index contributed by atoms with van der Waals surface area (Å²) in [4.78, 5) is 24.6. The summed E-state index contributed by atoms with van der Waals surface area (Å²) in [5.74, 6) is 1.83. The molecule has 1 saturated heterocycles. The molecule has 0 atom stereocenters. The molecule has 2 N–H and O–H groups in total. The predicted octanol–water partition coefficient (Wildman–Crippen LogP) is 1.04. The smallest absolute Gasteiger partial charge is 0.276 e. The van der Waals surface area contributed by atoms with Crippen LogP contribution in [0.1, 0.15) is 16.1 Å². The highest BCUT2D eigenvalue weighted by molar-refractivity contribution is 5.96. The molecule has 150 valence electrons. The van der Waals surface area contributed by atoms with E-state index in [1.807, 2.05) is 12.1 Å². The summed E-state index contributed by atoms with van der Waals surface area (Å²) in [5.41, 5.74) is 6.98. The molecule has 2 heterocycles. The molecule has 1 fully saturated rings. The average Bonchev–Trinajstić information content (AvgIpc) is 2.73. The van der Waals surface area contributed by atoms with Gasteiger partial charge in [-0.3, -0.25) is 9.69 Å². The van der Waals surface area contributed by atoms with E-state index >= 15 is 0 Å². The third-order valence-electron chi connectivity index (χ3n) is 4.77. The van der Waals surface area contributed by atoms with Gasteiger partial charge in [-0.05, 0) is 6.07 Å². The third kappa shape index (κ3) is 3.94. The Kier molecular flexibility index (Phi) is 6.15. The van der Waals surface area contributed by atoms with E-state index in [0.717, 1.165) is 18.7 Å². The van der Waals surface area contributed by atoms with Crippen LogP contribution in [0.4, 0.5) is 5.82 Å². The maximum atomic E-state index is 12.6. The van der Waals surface area contributed by atoms with Gasteiger partial charge in [-0.1, -0.05) is 6.07 Å². The monoisotopic (exact) mass is 387 g/mol. The van der Waals surface area contributed by atoms with Gasteiger partial charge in [0.05, 0.1) is 21.3 Å². The second kappa shape index (κ2) is 8.75. The van der Waals surface area contributed by atoms with Crippen LogP contribution in [-0.4, -0.2) is 73.2 Å². The zero-order valence-electron chi connectivity index (χ0n) is 16.3. The van der Waals surface area contributed by atoms with Crippen molar-refractivity contribution in [3.63, 3.8) is 0 Å². The summed E-state index contributed by atoms with van der Waals surface area (Å²) in [5, 5.41) is 0. The van der Waals surface area contributed by atoms with Gasteiger partial charge in [0.1, 0.15) is 0 Å². The van der Waals surface area contributed by atoms with Crippen LogP contribution in [0.3, 0.4) is 0 Å². The normalized spacial score (nSPS) is 14.6. The van der Waals surface area contributed by atoms with Crippen LogP contribution in [-0.2, 0) is 6.54 Å². The van der Waals surface area contributed by atoms with Crippen molar-refractivity contribution in [1.82, 2.24) is 19.8 Å². The van der Waals surface area contributed by atoms with Crippen molar-refractivity contribution in [2.75, 3.05) is 53.2 Å². The van der Waals surface area contributed by atoms with Gasteiger partial charge in [0.2, 0.25) is 5.75 Å². The average molecular weight is 387 g/mol. The number of hydrogen-bond acceptors (Lipinski definition) is 8. The number of aromatic nitrogens is 2. The number of nitrogens with zero attached hydrogens (tertiary/aromatic N) is 4. The number of methoxy groups -OCH3 is 3. The van der Waals surface area contributed by atoms with Gasteiger partial charge in [0, 0.05) is 50.7 Å². The van der Waals surface area contributed by atoms with E-state index in [9.17, 15) is 4.79 Å². The van der Waals surface area contributed by atoms with E-state index in [1.54, 1.807) is 26.2 Å². The number of anilines is 1. The van der Waals surface area contributed by atoms with Crippen LogP contribution in [0.25, 0.3) is 0 Å². The topological polar surface area (TPSA) is 103 Å². The van der Waals surface area contributed by atoms with E-state index in [1.165, 1.54) is 12.4 Å². The van der Waals surface area contributed by atoms with Gasteiger partial charge in [-0.15, -0.1) is 0 Å². The lowest BCUT2D eigenvalue weighted by atomic mass is 10.1. The van der Waals surface area contributed by atoms with E-state index in [2.05, 4.69) is 14.9 Å². The summed E-state index contributed by atoms with van der Waals surface area (Å²) in [7, 11) is 4.80. The van der Waals surface area contributed by atoms with Crippen molar-refractivity contribution in [1.29, 1.82) is 0 Å². The standard InChI is InChI=1S/C19H25N5O4/c1-26-14-5-4-13(16(27-2)17(14)28-3)12-23-8-10-24(11-9-23)19(25)15-18(20)22-7-6-21-15/h4-7H,8-12H2,1-3H3,(H2,20,22).